The molecular weight excluding hydrogens is 324 g/mol. The van der Waals surface area contributed by atoms with Crippen molar-refractivity contribution in [2.75, 3.05) is 6.26 Å². The fraction of sp³-hybridized carbons (Fsp3) is 0.0667. The summed E-state index contributed by atoms with van der Waals surface area (Å²) in [5, 5.41) is -0.0594. The third kappa shape index (κ3) is 2.98. The highest BCUT2D eigenvalue weighted by atomic mass is 32.2. The maximum Gasteiger partial charge on any atom is 0.192 e. The Morgan fingerprint density at radius 3 is 2.48 bits per heavy atom. The summed E-state index contributed by atoms with van der Waals surface area (Å²) in [5.41, 5.74) is 1.08. The fourth-order valence-electron chi connectivity index (χ4n) is 2.13. The van der Waals surface area contributed by atoms with E-state index in [2.05, 4.69) is 9.97 Å². The fourth-order valence-corrected chi connectivity index (χ4v) is 2.69. The van der Waals surface area contributed by atoms with Crippen molar-refractivity contribution in [2.24, 2.45) is 0 Å². The van der Waals surface area contributed by atoms with Crippen molar-refractivity contribution in [1.29, 1.82) is 0 Å². The monoisotopic (exact) mass is 335 g/mol. The summed E-state index contributed by atoms with van der Waals surface area (Å²) in [6, 6.07) is 6.15. The molecule has 0 saturated heterocycles. The number of imidazole rings is 1. The van der Waals surface area contributed by atoms with Crippen LogP contribution >= 0.6 is 0 Å². The molecule has 0 N–H and O–H groups in total. The van der Waals surface area contributed by atoms with Crippen LogP contribution in [0, 0.1) is 11.6 Å². The summed E-state index contributed by atoms with van der Waals surface area (Å²) in [4.78, 5) is 7.85. The predicted octanol–water partition coefficient (Wildman–Crippen LogP) is 2.62. The maximum atomic E-state index is 14.0. The van der Waals surface area contributed by atoms with Crippen molar-refractivity contribution in [2.45, 2.75) is 5.03 Å². The third-order valence-electron chi connectivity index (χ3n) is 3.22. The Labute approximate surface area is 131 Å². The zero-order chi connectivity index (χ0) is 16.6. The second-order valence-corrected chi connectivity index (χ2v) is 6.86. The van der Waals surface area contributed by atoms with Gasteiger partial charge in [0.05, 0.1) is 30.1 Å². The van der Waals surface area contributed by atoms with Crippen LogP contribution in [0.4, 0.5) is 8.78 Å². The number of pyridine rings is 1. The lowest BCUT2D eigenvalue weighted by molar-refractivity contribution is 0.585. The molecule has 0 fully saturated rings. The molecule has 0 spiro atoms. The highest BCUT2D eigenvalue weighted by Gasteiger charge is 2.14. The predicted molar refractivity (Wildman–Crippen MR) is 79.8 cm³/mol. The van der Waals surface area contributed by atoms with Gasteiger partial charge in [0.15, 0.2) is 14.9 Å². The van der Waals surface area contributed by atoms with Gasteiger partial charge in [0.25, 0.3) is 0 Å². The van der Waals surface area contributed by atoms with Crippen LogP contribution in [-0.2, 0) is 9.84 Å². The summed E-state index contributed by atoms with van der Waals surface area (Å²) >= 11 is 0. The number of rotatable bonds is 3. The van der Waals surface area contributed by atoms with E-state index in [1.165, 1.54) is 41.5 Å². The Morgan fingerprint density at radius 2 is 1.87 bits per heavy atom. The highest BCUT2D eigenvalue weighted by molar-refractivity contribution is 7.90. The molecule has 0 radical (unpaired) electrons. The normalized spacial score (nSPS) is 11.6. The first-order valence-electron chi connectivity index (χ1n) is 6.50. The SMILES string of the molecule is CS(=O)(=O)c1ccc(-n2cncc2-c2ccc(F)cc2F)cn1. The van der Waals surface area contributed by atoms with Crippen LogP contribution in [0.25, 0.3) is 16.9 Å². The first-order chi connectivity index (χ1) is 10.9. The molecule has 0 bridgehead atoms. The van der Waals surface area contributed by atoms with Crippen molar-refractivity contribution in [3.8, 4) is 16.9 Å². The Hall–Kier alpha value is -2.61. The number of hydrogen-bond acceptors (Lipinski definition) is 4. The van der Waals surface area contributed by atoms with Gasteiger partial charge in [-0.25, -0.2) is 27.2 Å². The molecule has 0 saturated carbocycles. The summed E-state index contributed by atoms with van der Waals surface area (Å²) in [6.07, 6.45) is 5.28. The van der Waals surface area contributed by atoms with Gasteiger partial charge in [0.2, 0.25) is 0 Å². The van der Waals surface area contributed by atoms with Crippen molar-refractivity contribution < 1.29 is 17.2 Å². The lowest BCUT2D eigenvalue weighted by Crippen LogP contribution is -2.02. The number of hydrogen-bond donors (Lipinski definition) is 0. The van der Waals surface area contributed by atoms with Crippen LogP contribution < -0.4 is 0 Å². The first-order valence-corrected chi connectivity index (χ1v) is 8.39. The number of sulfone groups is 1. The zero-order valence-electron chi connectivity index (χ0n) is 11.9. The van der Waals surface area contributed by atoms with Gasteiger partial charge in [0, 0.05) is 17.9 Å². The van der Waals surface area contributed by atoms with E-state index in [0.29, 0.717) is 11.4 Å². The van der Waals surface area contributed by atoms with Crippen molar-refractivity contribution in [3.05, 3.63) is 60.7 Å². The Morgan fingerprint density at radius 1 is 1.09 bits per heavy atom. The van der Waals surface area contributed by atoms with E-state index >= 15 is 0 Å². The molecule has 3 rings (SSSR count). The molecule has 0 unspecified atom stereocenters. The molecule has 118 valence electrons. The van der Waals surface area contributed by atoms with E-state index in [9.17, 15) is 17.2 Å². The third-order valence-corrected chi connectivity index (χ3v) is 4.23. The standard InChI is InChI=1S/C15H11F2N3O2S/c1-23(21,22)15-5-3-11(7-19-15)20-9-18-8-14(20)12-4-2-10(16)6-13(12)17/h2-9H,1H3. The van der Waals surface area contributed by atoms with Gasteiger partial charge >= 0.3 is 0 Å². The minimum Gasteiger partial charge on any atom is -0.297 e. The van der Waals surface area contributed by atoms with Gasteiger partial charge in [-0.15, -0.1) is 0 Å². The maximum absolute atomic E-state index is 14.0. The lowest BCUT2D eigenvalue weighted by Gasteiger charge is -2.09. The average Bonchev–Trinajstić information content (AvgIpc) is 2.95. The van der Waals surface area contributed by atoms with E-state index in [-0.39, 0.29) is 10.6 Å². The topological polar surface area (TPSA) is 64.8 Å². The number of nitrogens with zero attached hydrogens (tertiary/aromatic N) is 3. The summed E-state index contributed by atoms with van der Waals surface area (Å²) < 4.78 is 51.4. The number of aromatic nitrogens is 3. The molecule has 1 aromatic carbocycles. The van der Waals surface area contributed by atoms with Crippen LogP contribution in [0.15, 0.2) is 54.1 Å². The minimum atomic E-state index is -3.40. The van der Waals surface area contributed by atoms with E-state index in [1.807, 2.05) is 0 Å². The zero-order valence-corrected chi connectivity index (χ0v) is 12.8. The van der Waals surface area contributed by atoms with Gasteiger partial charge in [-0.2, -0.15) is 0 Å². The van der Waals surface area contributed by atoms with E-state index in [0.717, 1.165) is 18.4 Å². The van der Waals surface area contributed by atoms with Gasteiger partial charge in [-0.05, 0) is 24.3 Å². The van der Waals surface area contributed by atoms with E-state index < -0.39 is 21.5 Å². The largest absolute Gasteiger partial charge is 0.297 e. The van der Waals surface area contributed by atoms with Crippen LogP contribution in [0.5, 0.6) is 0 Å². The number of halogens is 2. The Balaban J connectivity index is 2.08. The molecule has 2 heterocycles. The first kappa shape index (κ1) is 15.3. The van der Waals surface area contributed by atoms with Crippen LogP contribution in [0.1, 0.15) is 0 Å². The van der Waals surface area contributed by atoms with E-state index in [4.69, 9.17) is 0 Å². The summed E-state index contributed by atoms with van der Waals surface area (Å²) in [7, 11) is -3.40. The minimum absolute atomic E-state index is 0.0594. The highest BCUT2D eigenvalue weighted by Crippen LogP contribution is 2.25. The molecular formula is C15H11F2N3O2S. The Bertz CT molecular complexity index is 967. The smallest absolute Gasteiger partial charge is 0.192 e. The van der Waals surface area contributed by atoms with Gasteiger partial charge < -0.3 is 0 Å². The van der Waals surface area contributed by atoms with Crippen LogP contribution in [0.2, 0.25) is 0 Å². The van der Waals surface area contributed by atoms with Crippen LogP contribution in [-0.4, -0.2) is 29.2 Å². The van der Waals surface area contributed by atoms with Crippen molar-refractivity contribution in [1.82, 2.24) is 14.5 Å². The van der Waals surface area contributed by atoms with Gasteiger partial charge in [-0.3, -0.25) is 4.57 Å². The molecule has 3 aromatic rings. The molecule has 2 aromatic heterocycles. The summed E-state index contributed by atoms with van der Waals surface area (Å²) in [6.45, 7) is 0. The molecule has 0 aliphatic rings. The van der Waals surface area contributed by atoms with Gasteiger partial charge in [0.1, 0.15) is 11.6 Å². The second-order valence-electron chi connectivity index (χ2n) is 4.90. The molecule has 23 heavy (non-hydrogen) atoms. The molecule has 0 amide bonds. The van der Waals surface area contributed by atoms with E-state index in [1.54, 1.807) is 0 Å². The quantitative estimate of drug-likeness (QED) is 0.738. The number of benzene rings is 1. The molecule has 5 nitrogen and oxygen atoms in total. The van der Waals surface area contributed by atoms with Crippen molar-refractivity contribution >= 4 is 9.84 Å². The molecule has 0 aliphatic carbocycles. The second kappa shape index (κ2) is 5.54. The van der Waals surface area contributed by atoms with Gasteiger partial charge in [-0.1, -0.05) is 0 Å². The molecule has 0 aliphatic heterocycles. The average molecular weight is 335 g/mol. The summed E-state index contributed by atoms with van der Waals surface area (Å²) in [5.74, 6) is -1.39. The van der Waals surface area contributed by atoms with Crippen molar-refractivity contribution in [3.63, 3.8) is 0 Å². The molecule has 8 heteroatoms. The Kier molecular flexibility index (Phi) is 3.69. The van der Waals surface area contributed by atoms with Crippen LogP contribution in [0.3, 0.4) is 0 Å². The lowest BCUT2D eigenvalue weighted by atomic mass is 10.1. The molecule has 0 atom stereocenters.